The van der Waals surface area contributed by atoms with Gasteiger partial charge in [-0.15, -0.1) is 0 Å². The summed E-state index contributed by atoms with van der Waals surface area (Å²) in [6, 6.07) is 17.6. The van der Waals surface area contributed by atoms with Crippen LogP contribution in [0.2, 0.25) is 0 Å². The van der Waals surface area contributed by atoms with E-state index >= 15 is 0 Å². The summed E-state index contributed by atoms with van der Waals surface area (Å²) in [7, 11) is 0. The highest BCUT2D eigenvalue weighted by Gasteiger charge is 2.20. The number of aryl methyl sites for hydroxylation is 1. The van der Waals surface area contributed by atoms with Gasteiger partial charge in [0.2, 0.25) is 0 Å². The molecule has 3 nitrogen and oxygen atoms in total. The second-order valence-electron chi connectivity index (χ2n) is 7.33. The molecule has 3 aromatic rings. The Bertz CT molecular complexity index is 913. The molecule has 4 heteroatoms. The fourth-order valence-corrected chi connectivity index (χ4v) is 3.82. The first-order chi connectivity index (χ1) is 13.2. The molecular weight excluding hydrogens is 339 g/mol. The van der Waals surface area contributed by atoms with Crippen LogP contribution in [0, 0.1) is 12.7 Å². The molecule has 0 amide bonds. The number of pyridine rings is 1. The van der Waals surface area contributed by atoms with Crippen LogP contribution in [0.1, 0.15) is 30.5 Å². The Balaban J connectivity index is 1.46. The summed E-state index contributed by atoms with van der Waals surface area (Å²) in [6.45, 7) is 4.96. The number of ether oxygens (including phenoxy) is 1. The quantitative estimate of drug-likeness (QED) is 0.643. The van der Waals surface area contributed by atoms with Crippen LogP contribution in [0.5, 0.6) is 5.75 Å². The SMILES string of the molecule is Cc1cc(OC2CCCN(Cc3ccccc3)CC2)c2cccc(F)c2n1. The molecule has 1 aliphatic rings. The molecule has 1 unspecified atom stereocenters. The second-order valence-corrected chi connectivity index (χ2v) is 7.33. The highest BCUT2D eigenvalue weighted by molar-refractivity contribution is 5.85. The Hall–Kier alpha value is -2.46. The van der Waals surface area contributed by atoms with E-state index in [1.807, 2.05) is 19.1 Å². The summed E-state index contributed by atoms with van der Waals surface area (Å²) in [6.07, 6.45) is 3.25. The molecule has 0 N–H and O–H groups in total. The van der Waals surface area contributed by atoms with Crippen LogP contribution >= 0.6 is 0 Å². The zero-order valence-corrected chi connectivity index (χ0v) is 15.7. The summed E-state index contributed by atoms with van der Waals surface area (Å²) in [5.41, 5.74) is 2.52. The number of fused-ring (bicyclic) bond motifs is 1. The van der Waals surface area contributed by atoms with E-state index in [0.29, 0.717) is 5.52 Å². The van der Waals surface area contributed by atoms with Gasteiger partial charge in [-0.05, 0) is 50.4 Å². The third-order valence-corrected chi connectivity index (χ3v) is 5.19. The molecule has 0 aliphatic carbocycles. The molecule has 0 spiro atoms. The predicted molar refractivity (Wildman–Crippen MR) is 106 cm³/mol. The highest BCUT2D eigenvalue weighted by atomic mass is 19.1. The molecule has 1 atom stereocenters. The normalized spacial score (nSPS) is 18.4. The highest BCUT2D eigenvalue weighted by Crippen LogP contribution is 2.29. The summed E-state index contributed by atoms with van der Waals surface area (Å²) < 4.78 is 20.5. The summed E-state index contributed by atoms with van der Waals surface area (Å²) in [5.74, 6) is 0.453. The van der Waals surface area contributed by atoms with Crippen molar-refractivity contribution in [2.45, 2.75) is 38.8 Å². The molecule has 1 aromatic heterocycles. The number of benzene rings is 2. The Labute approximate surface area is 159 Å². The maximum absolute atomic E-state index is 14.1. The van der Waals surface area contributed by atoms with Gasteiger partial charge in [0.25, 0.3) is 0 Å². The molecule has 2 aromatic carbocycles. The van der Waals surface area contributed by atoms with E-state index in [9.17, 15) is 4.39 Å². The molecule has 2 heterocycles. The summed E-state index contributed by atoms with van der Waals surface area (Å²) >= 11 is 0. The van der Waals surface area contributed by atoms with Crippen LogP contribution in [0.25, 0.3) is 10.9 Å². The number of rotatable bonds is 4. The minimum Gasteiger partial charge on any atom is -0.490 e. The van der Waals surface area contributed by atoms with E-state index < -0.39 is 0 Å². The van der Waals surface area contributed by atoms with Gasteiger partial charge in [-0.3, -0.25) is 4.90 Å². The number of hydrogen-bond acceptors (Lipinski definition) is 3. The van der Waals surface area contributed by atoms with Crippen LogP contribution in [0.3, 0.4) is 0 Å². The average molecular weight is 364 g/mol. The average Bonchev–Trinajstić information content (AvgIpc) is 2.89. The molecule has 0 saturated carbocycles. The minimum atomic E-state index is -0.295. The van der Waals surface area contributed by atoms with Crippen LogP contribution in [-0.2, 0) is 6.54 Å². The van der Waals surface area contributed by atoms with E-state index in [2.05, 4.69) is 40.2 Å². The molecular formula is C23H25FN2O. The van der Waals surface area contributed by atoms with Crippen molar-refractivity contribution in [1.82, 2.24) is 9.88 Å². The van der Waals surface area contributed by atoms with Crippen molar-refractivity contribution in [3.63, 3.8) is 0 Å². The van der Waals surface area contributed by atoms with Gasteiger partial charge in [0.15, 0.2) is 0 Å². The lowest BCUT2D eigenvalue weighted by Gasteiger charge is -2.21. The molecule has 1 fully saturated rings. The first-order valence-corrected chi connectivity index (χ1v) is 9.68. The van der Waals surface area contributed by atoms with Crippen molar-refractivity contribution in [1.29, 1.82) is 0 Å². The Kier molecular flexibility index (Phi) is 5.35. The fourth-order valence-electron chi connectivity index (χ4n) is 3.82. The van der Waals surface area contributed by atoms with Crippen molar-refractivity contribution < 1.29 is 9.13 Å². The Morgan fingerprint density at radius 2 is 1.93 bits per heavy atom. The number of nitrogens with zero attached hydrogens (tertiary/aromatic N) is 2. The second kappa shape index (κ2) is 8.05. The number of para-hydroxylation sites is 1. The van der Waals surface area contributed by atoms with Gasteiger partial charge in [0, 0.05) is 30.2 Å². The first kappa shape index (κ1) is 17.9. The van der Waals surface area contributed by atoms with E-state index in [0.717, 1.165) is 55.7 Å². The number of hydrogen-bond donors (Lipinski definition) is 0. The molecule has 1 saturated heterocycles. The van der Waals surface area contributed by atoms with E-state index in [-0.39, 0.29) is 11.9 Å². The van der Waals surface area contributed by atoms with E-state index in [1.54, 1.807) is 6.07 Å². The first-order valence-electron chi connectivity index (χ1n) is 9.68. The van der Waals surface area contributed by atoms with Crippen molar-refractivity contribution in [2.24, 2.45) is 0 Å². The van der Waals surface area contributed by atoms with Crippen molar-refractivity contribution in [3.8, 4) is 5.75 Å². The monoisotopic (exact) mass is 364 g/mol. The smallest absolute Gasteiger partial charge is 0.149 e. The third kappa shape index (κ3) is 4.28. The number of aromatic nitrogens is 1. The molecule has 0 bridgehead atoms. The van der Waals surface area contributed by atoms with Gasteiger partial charge in [-0.1, -0.05) is 36.4 Å². The Morgan fingerprint density at radius 1 is 1.07 bits per heavy atom. The lowest BCUT2D eigenvalue weighted by Crippen LogP contribution is -2.25. The van der Waals surface area contributed by atoms with Crippen LogP contribution < -0.4 is 4.74 Å². The van der Waals surface area contributed by atoms with Gasteiger partial charge in [-0.25, -0.2) is 9.37 Å². The maximum Gasteiger partial charge on any atom is 0.149 e. The van der Waals surface area contributed by atoms with Gasteiger partial charge in [0.1, 0.15) is 23.2 Å². The predicted octanol–water partition coefficient (Wildman–Crippen LogP) is 5.12. The third-order valence-electron chi connectivity index (χ3n) is 5.19. The van der Waals surface area contributed by atoms with Gasteiger partial charge in [0.05, 0.1) is 0 Å². The fraction of sp³-hybridized carbons (Fsp3) is 0.348. The van der Waals surface area contributed by atoms with Crippen molar-refractivity contribution >= 4 is 10.9 Å². The number of likely N-dealkylation sites (tertiary alicyclic amines) is 1. The number of halogens is 1. The van der Waals surface area contributed by atoms with Crippen LogP contribution in [0.4, 0.5) is 4.39 Å². The zero-order chi connectivity index (χ0) is 18.6. The lowest BCUT2D eigenvalue weighted by molar-refractivity contribution is 0.181. The Morgan fingerprint density at radius 3 is 2.78 bits per heavy atom. The molecule has 4 rings (SSSR count). The van der Waals surface area contributed by atoms with Crippen LogP contribution in [-0.4, -0.2) is 29.1 Å². The minimum absolute atomic E-state index is 0.152. The topological polar surface area (TPSA) is 25.4 Å². The zero-order valence-electron chi connectivity index (χ0n) is 15.7. The van der Waals surface area contributed by atoms with Crippen LogP contribution in [0.15, 0.2) is 54.6 Å². The van der Waals surface area contributed by atoms with Crippen molar-refractivity contribution in [3.05, 3.63) is 71.7 Å². The maximum atomic E-state index is 14.1. The summed E-state index contributed by atoms with van der Waals surface area (Å²) in [5, 5.41) is 0.756. The molecule has 0 radical (unpaired) electrons. The molecule has 140 valence electrons. The van der Waals surface area contributed by atoms with Gasteiger partial charge in [-0.2, -0.15) is 0 Å². The standard InChI is InChI=1S/C23H25FN2O/c1-17-15-22(20-10-5-11-21(24)23(20)25-17)27-19-9-6-13-26(14-12-19)16-18-7-3-2-4-8-18/h2-5,7-8,10-11,15,19H,6,9,12-14,16H2,1H3. The van der Waals surface area contributed by atoms with Gasteiger partial charge >= 0.3 is 0 Å². The largest absolute Gasteiger partial charge is 0.490 e. The van der Waals surface area contributed by atoms with Crippen molar-refractivity contribution in [2.75, 3.05) is 13.1 Å². The molecule has 27 heavy (non-hydrogen) atoms. The molecule has 1 aliphatic heterocycles. The summed E-state index contributed by atoms with van der Waals surface area (Å²) in [4.78, 5) is 6.84. The van der Waals surface area contributed by atoms with E-state index in [4.69, 9.17) is 4.74 Å². The lowest BCUT2D eigenvalue weighted by atomic mass is 10.1. The van der Waals surface area contributed by atoms with Gasteiger partial charge < -0.3 is 4.74 Å². The van der Waals surface area contributed by atoms with E-state index in [1.165, 1.54) is 11.6 Å².